The average molecular weight is 390 g/mol. The fraction of sp³-hybridized carbons (Fsp3) is 0.353. The Kier molecular flexibility index (Phi) is 4.34. The van der Waals surface area contributed by atoms with Crippen molar-refractivity contribution in [2.45, 2.75) is 12.5 Å². The second-order valence-electron chi connectivity index (χ2n) is 6.43. The van der Waals surface area contributed by atoms with Gasteiger partial charge in [-0.3, -0.25) is 4.79 Å². The summed E-state index contributed by atoms with van der Waals surface area (Å²) in [6.45, 7) is 0.183. The molecule has 10 heteroatoms. The van der Waals surface area contributed by atoms with Gasteiger partial charge < -0.3 is 19.7 Å². The van der Waals surface area contributed by atoms with Crippen LogP contribution in [-0.4, -0.2) is 60.6 Å². The number of benzene rings is 1. The minimum Gasteiger partial charge on any atom is -0.454 e. The lowest BCUT2D eigenvalue weighted by molar-refractivity contribution is 0.0741. The Morgan fingerprint density at radius 1 is 1.26 bits per heavy atom. The fourth-order valence-corrected chi connectivity index (χ4v) is 4.84. The standard InChI is InChI=1S/C17H18N4O5S/c1-21(12-5-7-27(23,24)9-12)16(22)13-4-6-18-17(20-13)19-11-2-3-14-15(8-11)26-10-25-14/h2-4,6,8,12H,5,7,9-10H2,1H3,(H,18,19,20). The smallest absolute Gasteiger partial charge is 0.272 e. The Balaban J connectivity index is 1.49. The van der Waals surface area contributed by atoms with Gasteiger partial charge in [-0.15, -0.1) is 0 Å². The predicted molar refractivity (Wildman–Crippen MR) is 97.0 cm³/mol. The van der Waals surface area contributed by atoms with Gasteiger partial charge in [0.05, 0.1) is 11.5 Å². The molecule has 0 aliphatic carbocycles. The number of hydrogen-bond acceptors (Lipinski definition) is 8. The Bertz CT molecular complexity index is 995. The number of amides is 1. The molecule has 4 rings (SSSR count). The van der Waals surface area contributed by atoms with Crippen molar-refractivity contribution in [3.05, 3.63) is 36.2 Å². The summed E-state index contributed by atoms with van der Waals surface area (Å²) in [5, 5.41) is 3.03. The molecule has 1 N–H and O–H groups in total. The van der Waals surface area contributed by atoms with Gasteiger partial charge in [0, 0.05) is 31.0 Å². The number of rotatable bonds is 4. The molecule has 142 valence electrons. The van der Waals surface area contributed by atoms with Crippen molar-refractivity contribution in [3.8, 4) is 11.5 Å². The lowest BCUT2D eigenvalue weighted by Crippen LogP contribution is -2.38. The summed E-state index contributed by atoms with van der Waals surface area (Å²) >= 11 is 0. The molecule has 1 atom stereocenters. The maximum Gasteiger partial charge on any atom is 0.272 e. The summed E-state index contributed by atoms with van der Waals surface area (Å²) in [6.07, 6.45) is 1.92. The quantitative estimate of drug-likeness (QED) is 0.829. The molecule has 0 saturated carbocycles. The average Bonchev–Trinajstić information content (AvgIpc) is 3.26. The van der Waals surface area contributed by atoms with Crippen LogP contribution in [0.3, 0.4) is 0 Å². The van der Waals surface area contributed by atoms with Crippen molar-refractivity contribution in [2.24, 2.45) is 0 Å². The van der Waals surface area contributed by atoms with E-state index in [2.05, 4.69) is 15.3 Å². The first-order valence-electron chi connectivity index (χ1n) is 8.38. The van der Waals surface area contributed by atoms with E-state index in [1.807, 2.05) is 0 Å². The van der Waals surface area contributed by atoms with Gasteiger partial charge in [-0.25, -0.2) is 18.4 Å². The molecule has 1 fully saturated rings. The molecule has 1 amide bonds. The van der Waals surface area contributed by atoms with Gasteiger partial charge in [0.1, 0.15) is 5.69 Å². The summed E-state index contributed by atoms with van der Waals surface area (Å²) in [5.74, 6) is 1.30. The van der Waals surface area contributed by atoms with Gasteiger partial charge in [0.15, 0.2) is 21.3 Å². The van der Waals surface area contributed by atoms with Crippen molar-refractivity contribution in [1.82, 2.24) is 14.9 Å². The fourth-order valence-electron chi connectivity index (χ4n) is 3.07. The molecule has 0 spiro atoms. The zero-order valence-electron chi connectivity index (χ0n) is 14.6. The second-order valence-corrected chi connectivity index (χ2v) is 8.66. The van der Waals surface area contributed by atoms with Gasteiger partial charge in [0.2, 0.25) is 12.7 Å². The number of aromatic nitrogens is 2. The molecule has 3 heterocycles. The van der Waals surface area contributed by atoms with Crippen LogP contribution in [0.1, 0.15) is 16.9 Å². The van der Waals surface area contributed by atoms with E-state index in [1.54, 1.807) is 25.2 Å². The van der Waals surface area contributed by atoms with E-state index >= 15 is 0 Å². The first-order valence-corrected chi connectivity index (χ1v) is 10.2. The number of fused-ring (bicyclic) bond motifs is 1. The summed E-state index contributed by atoms with van der Waals surface area (Å²) < 4.78 is 33.9. The largest absolute Gasteiger partial charge is 0.454 e. The highest BCUT2D eigenvalue weighted by Crippen LogP contribution is 2.34. The highest BCUT2D eigenvalue weighted by atomic mass is 32.2. The number of anilines is 2. The molecule has 1 saturated heterocycles. The molecule has 9 nitrogen and oxygen atoms in total. The van der Waals surface area contributed by atoms with Crippen molar-refractivity contribution < 1.29 is 22.7 Å². The Morgan fingerprint density at radius 3 is 2.85 bits per heavy atom. The zero-order valence-corrected chi connectivity index (χ0v) is 15.4. The van der Waals surface area contributed by atoms with E-state index < -0.39 is 9.84 Å². The van der Waals surface area contributed by atoms with Crippen molar-refractivity contribution in [1.29, 1.82) is 0 Å². The molecule has 27 heavy (non-hydrogen) atoms. The van der Waals surface area contributed by atoms with E-state index in [4.69, 9.17) is 9.47 Å². The van der Waals surface area contributed by atoms with Gasteiger partial charge in [-0.2, -0.15) is 0 Å². The van der Waals surface area contributed by atoms with Crippen LogP contribution in [0.2, 0.25) is 0 Å². The first-order chi connectivity index (χ1) is 12.9. The van der Waals surface area contributed by atoms with E-state index in [0.717, 1.165) is 0 Å². The number of carbonyl (C=O) groups excluding carboxylic acids is 1. The Hall–Kier alpha value is -2.88. The molecule has 0 bridgehead atoms. The monoisotopic (exact) mass is 390 g/mol. The third kappa shape index (κ3) is 3.65. The minimum absolute atomic E-state index is 0.0113. The number of ether oxygens (including phenoxy) is 2. The predicted octanol–water partition coefficient (Wildman–Crippen LogP) is 1.21. The van der Waals surface area contributed by atoms with Crippen LogP contribution in [0.4, 0.5) is 11.6 Å². The summed E-state index contributed by atoms with van der Waals surface area (Å²) in [7, 11) is -1.47. The maximum absolute atomic E-state index is 12.7. The van der Waals surface area contributed by atoms with Crippen LogP contribution in [-0.2, 0) is 9.84 Å². The van der Waals surface area contributed by atoms with Gasteiger partial charge in [-0.05, 0) is 24.6 Å². The molecule has 2 aliphatic rings. The number of carbonyl (C=O) groups is 1. The third-order valence-corrected chi connectivity index (χ3v) is 6.33. The van der Waals surface area contributed by atoms with Crippen molar-refractivity contribution in [2.75, 3.05) is 30.7 Å². The molecular formula is C17H18N4O5S. The normalized spacial score (nSPS) is 19.7. The third-order valence-electron chi connectivity index (χ3n) is 4.58. The Labute approximate surface area is 156 Å². The number of hydrogen-bond donors (Lipinski definition) is 1. The minimum atomic E-state index is -3.07. The summed E-state index contributed by atoms with van der Waals surface area (Å²) in [6, 6.07) is 6.50. The van der Waals surface area contributed by atoms with E-state index in [0.29, 0.717) is 23.6 Å². The topological polar surface area (TPSA) is 111 Å². The SMILES string of the molecule is CN(C(=O)c1ccnc(Nc2ccc3c(c2)OCO3)n1)C1CCS(=O)(=O)C1. The molecular weight excluding hydrogens is 372 g/mol. The Morgan fingerprint density at radius 2 is 2.07 bits per heavy atom. The zero-order chi connectivity index (χ0) is 19.0. The van der Waals surface area contributed by atoms with E-state index in [1.165, 1.54) is 17.2 Å². The van der Waals surface area contributed by atoms with Crippen LogP contribution in [0.5, 0.6) is 11.5 Å². The van der Waals surface area contributed by atoms with Crippen LogP contribution in [0.25, 0.3) is 0 Å². The maximum atomic E-state index is 12.7. The number of sulfone groups is 1. The first kappa shape index (κ1) is 17.5. The van der Waals surface area contributed by atoms with Crippen LogP contribution in [0, 0.1) is 0 Å². The van der Waals surface area contributed by atoms with Gasteiger partial charge >= 0.3 is 0 Å². The van der Waals surface area contributed by atoms with E-state index in [9.17, 15) is 13.2 Å². The molecule has 1 unspecified atom stereocenters. The molecule has 1 aromatic heterocycles. The molecule has 0 radical (unpaired) electrons. The lowest BCUT2D eigenvalue weighted by atomic mass is 10.2. The van der Waals surface area contributed by atoms with Crippen molar-refractivity contribution >= 4 is 27.4 Å². The van der Waals surface area contributed by atoms with Gasteiger partial charge in [0.25, 0.3) is 5.91 Å². The molecule has 2 aromatic rings. The van der Waals surface area contributed by atoms with Crippen LogP contribution < -0.4 is 14.8 Å². The molecule has 2 aliphatic heterocycles. The second kappa shape index (κ2) is 6.69. The summed E-state index contributed by atoms with van der Waals surface area (Å²) in [5.41, 5.74) is 0.888. The van der Waals surface area contributed by atoms with Crippen LogP contribution in [0.15, 0.2) is 30.5 Å². The van der Waals surface area contributed by atoms with E-state index in [-0.39, 0.29) is 41.9 Å². The molecule has 1 aromatic carbocycles. The van der Waals surface area contributed by atoms with Gasteiger partial charge in [-0.1, -0.05) is 0 Å². The summed E-state index contributed by atoms with van der Waals surface area (Å²) in [4.78, 5) is 22.5. The van der Waals surface area contributed by atoms with Crippen LogP contribution >= 0.6 is 0 Å². The number of nitrogens with one attached hydrogen (secondary N) is 1. The highest BCUT2D eigenvalue weighted by Gasteiger charge is 2.33. The number of nitrogens with zero attached hydrogens (tertiary/aromatic N) is 3. The highest BCUT2D eigenvalue weighted by molar-refractivity contribution is 7.91. The lowest BCUT2D eigenvalue weighted by Gasteiger charge is -2.23. The van der Waals surface area contributed by atoms with Crippen molar-refractivity contribution in [3.63, 3.8) is 0 Å².